The van der Waals surface area contributed by atoms with Crippen molar-refractivity contribution in [3.8, 4) is 0 Å². The van der Waals surface area contributed by atoms with Crippen molar-refractivity contribution in [2.24, 2.45) is 0 Å². The number of rotatable bonds is 6. The number of aryl methyl sites for hydroxylation is 3. The zero-order valence-corrected chi connectivity index (χ0v) is 13.6. The number of fused-ring (bicyclic) bond motifs is 1. The summed E-state index contributed by atoms with van der Waals surface area (Å²) in [5.41, 5.74) is 5.85. The van der Waals surface area contributed by atoms with Crippen molar-refractivity contribution in [1.82, 2.24) is 9.71 Å². The van der Waals surface area contributed by atoms with Crippen molar-refractivity contribution in [1.29, 1.82) is 0 Å². The molecule has 1 heterocycles. The molecule has 2 N–H and O–H groups in total. The lowest BCUT2D eigenvalue weighted by Gasteiger charge is -2.06. The van der Waals surface area contributed by atoms with Gasteiger partial charge in [0.15, 0.2) is 0 Å². The van der Waals surface area contributed by atoms with Crippen molar-refractivity contribution in [2.45, 2.75) is 27.2 Å². The highest BCUT2D eigenvalue weighted by molar-refractivity contribution is 7.89. The summed E-state index contributed by atoms with van der Waals surface area (Å²) in [6.45, 7) is 10.0. The van der Waals surface area contributed by atoms with E-state index >= 15 is 0 Å². The third-order valence-corrected chi connectivity index (χ3v) is 4.92. The minimum atomic E-state index is -3.25. The number of H-pyrrole nitrogens is 1. The third kappa shape index (κ3) is 3.54. The first-order chi connectivity index (χ1) is 9.84. The van der Waals surface area contributed by atoms with E-state index in [1.165, 1.54) is 28.2 Å². The van der Waals surface area contributed by atoms with Gasteiger partial charge >= 0.3 is 0 Å². The monoisotopic (exact) mass is 306 g/mol. The lowest BCUT2D eigenvalue weighted by molar-refractivity contribution is 0.585. The van der Waals surface area contributed by atoms with Crippen LogP contribution in [-0.2, 0) is 16.4 Å². The van der Waals surface area contributed by atoms with E-state index in [1.807, 2.05) is 6.92 Å². The molecule has 0 fully saturated rings. The van der Waals surface area contributed by atoms with Crippen LogP contribution in [0.1, 0.15) is 22.4 Å². The molecule has 0 radical (unpaired) electrons. The Bertz CT molecular complexity index is 773. The zero-order chi connectivity index (χ0) is 15.6. The molecule has 0 amide bonds. The van der Waals surface area contributed by atoms with E-state index in [0.29, 0.717) is 13.0 Å². The van der Waals surface area contributed by atoms with Crippen LogP contribution in [-0.4, -0.2) is 25.7 Å². The smallest absolute Gasteiger partial charge is 0.215 e. The van der Waals surface area contributed by atoms with Gasteiger partial charge in [-0.2, -0.15) is 0 Å². The predicted octanol–water partition coefficient (Wildman–Crippen LogP) is 2.74. The van der Waals surface area contributed by atoms with E-state index in [4.69, 9.17) is 0 Å². The van der Waals surface area contributed by atoms with Gasteiger partial charge in [-0.25, -0.2) is 13.1 Å². The molecule has 21 heavy (non-hydrogen) atoms. The van der Waals surface area contributed by atoms with Gasteiger partial charge in [0.05, 0.1) is 5.75 Å². The summed E-state index contributed by atoms with van der Waals surface area (Å²) in [6, 6.07) is 4.30. The van der Waals surface area contributed by atoms with Crippen LogP contribution in [0.25, 0.3) is 10.9 Å². The number of hydrogen-bond acceptors (Lipinski definition) is 2. The second-order valence-electron chi connectivity index (χ2n) is 5.45. The van der Waals surface area contributed by atoms with Crippen LogP contribution >= 0.6 is 0 Å². The molecule has 0 saturated heterocycles. The van der Waals surface area contributed by atoms with E-state index in [0.717, 1.165) is 11.2 Å². The second kappa shape index (κ2) is 6.03. The van der Waals surface area contributed by atoms with Gasteiger partial charge in [0.2, 0.25) is 10.0 Å². The van der Waals surface area contributed by atoms with Crippen LogP contribution < -0.4 is 4.72 Å². The largest absolute Gasteiger partial charge is 0.358 e. The Morgan fingerprint density at radius 3 is 2.67 bits per heavy atom. The third-order valence-electron chi connectivity index (χ3n) is 3.60. The molecule has 114 valence electrons. The number of nitrogens with one attached hydrogen (secondary N) is 2. The summed E-state index contributed by atoms with van der Waals surface area (Å²) in [7, 11) is -3.25. The molecule has 2 aromatic rings. The highest BCUT2D eigenvalue weighted by Crippen LogP contribution is 2.26. The SMILES string of the molecule is C=CCS(=O)(=O)NCCc1c(C)[nH]c2c(C)cc(C)cc12. The van der Waals surface area contributed by atoms with Crippen molar-refractivity contribution in [2.75, 3.05) is 12.3 Å². The standard InChI is InChI=1S/C16H22N2O2S/c1-5-8-21(19,20)17-7-6-14-13(4)18-16-12(3)9-11(2)10-15(14)16/h5,9-10,17-18H,1,6-8H2,2-4H3. The molecule has 0 unspecified atom stereocenters. The van der Waals surface area contributed by atoms with Crippen LogP contribution in [0.5, 0.6) is 0 Å². The van der Waals surface area contributed by atoms with Crippen LogP contribution in [0.4, 0.5) is 0 Å². The molecule has 0 aliphatic heterocycles. The number of hydrogen-bond donors (Lipinski definition) is 2. The van der Waals surface area contributed by atoms with Gasteiger partial charge in [0.25, 0.3) is 0 Å². The maximum absolute atomic E-state index is 11.6. The lowest BCUT2D eigenvalue weighted by Crippen LogP contribution is -2.27. The normalized spacial score (nSPS) is 12.0. The summed E-state index contributed by atoms with van der Waals surface area (Å²) >= 11 is 0. The van der Waals surface area contributed by atoms with E-state index in [-0.39, 0.29) is 5.75 Å². The Morgan fingerprint density at radius 1 is 1.29 bits per heavy atom. The van der Waals surface area contributed by atoms with Gasteiger partial charge in [-0.3, -0.25) is 0 Å². The maximum Gasteiger partial charge on any atom is 0.215 e. The Balaban J connectivity index is 2.23. The predicted molar refractivity (Wildman–Crippen MR) is 88.2 cm³/mol. The number of aromatic amines is 1. The summed E-state index contributed by atoms with van der Waals surface area (Å²) in [5.74, 6) is -0.0436. The van der Waals surface area contributed by atoms with Gasteiger partial charge < -0.3 is 4.98 Å². The molecule has 5 heteroatoms. The van der Waals surface area contributed by atoms with Crippen molar-refractivity contribution in [3.63, 3.8) is 0 Å². The molecular formula is C16H22N2O2S. The Kier molecular flexibility index (Phi) is 4.54. The molecule has 0 bridgehead atoms. The molecule has 0 atom stereocenters. The van der Waals surface area contributed by atoms with Gasteiger partial charge in [-0.05, 0) is 44.4 Å². The van der Waals surface area contributed by atoms with Gasteiger partial charge in [-0.1, -0.05) is 17.7 Å². The molecule has 0 spiro atoms. The van der Waals surface area contributed by atoms with Crippen molar-refractivity contribution >= 4 is 20.9 Å². The fourth-order valence-corrected chi connectivity index (χ4v) is 3.55. The van der Waals surface area contributed by atoms with Crippen LogP contribution in [0.3, 0.4) is 0 Å². The molecule has 1 aromatic heterocycles. The number of aromatic nitrogens is 1. The molecule has 1 aromatic carbocycles. The first kappa shape index (κ1) is 15.8. The summed E-state index contributed by atoms with van der Waals surface area (Å²) in [4.78, 5) is 3.40. The number of benzene rings is 1. The minimum Gasteiger partial charge on any atom is -0.358 e. The average Bonchev–Trinajstić information content (AvgIpc) is 2.67. The van der Waals surface area contributed by atoms with E-state index < -0.39 is 10.0 Å². The van der Waals surface area contributed by atoms with E-state index in [9.17, 15) is 8.42 Å². The Morgan fingerprint density at radius 2 is 2.00 bits per heavy atom. The fourth-order valence-electron chi connectivity index (χ4n) is 2.70. The molecule has 0 saturated carbocycles. The topological polar surface area (TPSA) is 62.0 Å². The lowest BCUT2D eigenvalue weighted by atomic mass is 10.0. The van der Waals surface area contributed by atoms with E-state index in [2.05, 4.69) is 42.3 Å². The summed E-state index contributed by atoms with van der Waals surface area (Å²) < 4.78 is 25.9. The number of sulfonamides is 1. The Labute approximate surface area is 126 Å². The van der Waals surface area contributed by atoms with Crippen molar-refractivity contribution in [3.05, 3.63) is 47.2 Å². The van der Waals surface area contributed by atoms with Crippen molar-refractivity contribution < 1.29 is 8.42 Å². The molecule has 4 nitrogen and oxygen atoms in total. The van der Waals surface area contributed by atoms with Gasteiger partial charge in [0.1, 0.15) is 0 Å². The minimum absolute atomic E-state index is 0.0436. The van der Waals surface area contributed by atoms with Gasteiger partial charge in [-0.15, -0.1) is 6.58 Å². The van der Waals surface area contributed by atoms with Crippen LogP contribution in [0.15, 0.2) is 24.8 Å². The average molecular weight is 306 g/mol. The maximum atomic E-state index is 11.6. The van der Waals surface area contributed by atoms with Crippen LogP contribution in [0.2, 0.25) is 0 Å². The molecule has 0 aliphatic rings. The highest BCUT2D eigenvalue weighted by Gasteiger charge is 2.12. The first-order valence-corrected chi connectivity index (χ1v) is 8.66. The fraction of sp³-hybridized carbons (Fsp3) is 0.375. The molecule has 0 aliphatic carbocycles. The second-order valence-corrected chi connectivity index (χ2v) is 7.30. The van der Waals surface area contributed by atoms with Crippen LogP contribution in [0, 0.1) is 20.8 Å². The molecule has 2 rings (SSSR count). The molecular weight excluding hydrogens is 284 g/mol. The first-order valence-electron chi connectivity index (χ1n) is 7.00. The van der Waals surface area contributed by atoms with E-state index in [1.54, 1.807) is 0 Å². The summed E-state index contributed by atoms with van der Waals surface area (Å²) in [5, 5.41) is 1.19. The van der Waals surface area contributed by atoms with Gasteiger partial charge in [0, 0.05) is 23.1 Å². The quantitative estimate of drug-likeness (QED) is 0.806. The highest BCUT2D eigenvalue weighted by atomic mass is 32.2. The zero-order valence-electron chi connectivity index (χ0n) is 12.8. The Hall–Kier alpha value is -1.59. The summed E-state index contributed by atoms with van der Waals surface area (Å²) in [6.07, 6.45) is 2.07.